The summed E-state index contributed by atoms with van der Waals surface area (Å²) in [6, 6.07) is 0. The van der Waals surface area contributed by atoms with Gasteiger partial charge < -0.3 is 50.9 Å². The van der Waals surface area contributed by atoms with Crippen LogP contribution in [0.15, 0.2) is 12.7 Å². The maximum atomic E-state index is 12.7. The molecule has 28 heteroatoms. The fraction of sp³-hybridized carbons (Fsp3) is 0.742. The number of rotatable bonds is 27. The normalized spacial score (nSPS) is 21.2. The monoisotopic (exact) mass is 921 g/mol. The Hall–Kier alpha value is -2.44. The lowest BCUT2D eigenvalue weighted by molar-refractivity contribution is -0.137. The molecule has 0 aromatic carbocycles. The average molecular weight is 922 g/mol. The highest BCUT2D eigenvalue weighted by atomic mass is 32.2. The number of thioether (sulfide) groups is 1. The van der Waals surface area contributed by atoms with Gasteiger partial charge in [-0.05, 0) is 6.42 Å². The smallest absolute Gasteiger partial charge is 0.386 e. The van der Waals surface area contributed by atoms with Gasteiger partial charge in [-0.25, -0.2) is 28.6 Å². The van der Waals surface area contributed by atoms with Crippen LogP contribution < -0.4 is 16.4 Å². The lowest BCUT2D eigenvalue weighted by atomic mass is 9.87. The molecule has 2 aromatic rings. The summed E-state index contributed by atoms with van der Waals surface area (Å²) in [6.45, 7) is 2.73. The summed E-state index contributed by atoms with van der Waals surface area (Å²) in [5.41, 5.74) is 4.28. The van der Waals surface area contributed by atoms with Crippen LogP contribution in [0.1, 0.15) is 84.8 Å². The Morgan fingerprint density at radius 1 is 0.966 bits per heavy atom. The second-order valence-electron chi connectivity index (χ2n) is 14.2. The van der Waals surface area contributed by atoms with E-state index in [2.05, 4.69) is 41.3 Å². The first-order chi connectivity index (χ1) is 27.6. The summed E-state index contributed by atoms with van der Waals surface area (Å²) in [5, 5.41) is 26.5. The van der Waals surface area contributed by atoms with Gasteiger partial charge in [0.15, 0.2) is 22.8 Å². The number of carbonyl (C=O) groups excluding carboxylic acids is 3. The van der Waals surface area contributed by atoms with Crippen LogP contribution >= 0.6 is 35.2 Å². The van der Waals surface area contributed by atoms with Gasteiger partial charge in [-0.15, -0.1) is 0 Å². The molecule has 7 atom stereocenters. The maximum absolute atomic E-state index is 12.7. The van der Waals surface area contributed by atoms with Crippen LogP contribution in [0.5, 0.6) is 0 Å². The fourth-order valence-corrected chi connectivity index (χ4v) is 9.14. The molecule has 1 saturated heterocycles. The predicted octanol–water partition coefficient (Wildman–Crippen LogP) is 1.81. The lowest BCUT2D eigenvalue weighted by Gasteiger charge is -2.30. The number of hydrogen-bond acceptors (Lipinski definition) is 18. The molecule has 3 heterocycles. The standard InChI is InChI=1S/C31H54N7O17P3S/c1-4-5-6-7-8-9-10-11-22(40)59-15-14-33-21(39)12-13-34-29(43)26(42)31(2,3)17-52-58(49,50)55-57(47,48)51-16-20-25(54-56(44,45)46)24(41)30(53-20)38-19-37-23-27(32)35-18-36-28(23)38/h18-20,24-26,30,41-42H,4-17H2,1-3H3,(H,33,39)(H,34,43)(H,47,48)(H,49,50)(H2,32,35,36)(H2,44,45,46)/t20-,24-,25-,26+,30-/m1/s1. The molecule has 0 saturated carbocycles. The summed E-state index contributed by atoms with van der Waals surface area (Å²) in [7, 11) is -16.4. The third kappa shape index (κ3) is 17.1. The molecule has 1 fully saturated rings. The van der Waals surface area contributed by atoms with E-state index in [0.717, 1.165) is 48.2 Å². The molecule has 336 valence electrons. The Balaban J connectivity index is 1.42. The highest BCUT2D eigenvalue weighted by Crippen LogP contribution is 2.61. The minimum atomic E-state index is -5.57. The molecule has 59 heavy (non-hydrogen) atoms. The van der Waals surface area contributed by atoms with Crippen LogP contribution in [0.3, 0.4) is 0 Å². The molecule has 0 aliphatic carbocycles. The molecule has 1 aliphatic heterocycles. The maximum Gasteiger partial charge on any atom is 0.481 e. The Labute approximate surface area is 344 Å². The van der Waals surface area contributed by atoms with Gasteiger partial charge >= 0.3 is 23.5 Å². The summed E-state index contributed by atoms with van der Waals surface area (Å²) >= 11 is 1.14. The van der Waals surface area contributed by atoms with Crippen LogP contribution in [-0.4, -0.2) is 123 Å². The van der Waals surface area contributed by atoms with Crippen molar-refractivity contribution in [2.75, 3.05) is 37.8 Å². The molecule has 0 spiro atoms. The molecular formula is C31H54N7O17P3S. The van der Waals surface area contributed by atoms with E-state index in [4.69, 9.17) is 19.5 Å². The molecule has 2 unspecified atom stereocenters. The van der Waals surface area contributed by atoms with Crippen LogP contribution in [-0.2, 0) is 50.7 Å². The van der Waals surface area contributed by atoms with Crippen molar-refractivity contribution in [3.63, 3.8) is 0 Å². The van der Waals surface area contributed by atoms with Crippen LogP contribution in [0.4, 0.5) is 5.82 Å². The number of carbonyl (C=O) groups is 3. The number of amides is 2. The quantitative estimate of drug-likeness (QED) is 0.0455. The van der Waals surface area contributed by atoms with E-state index in [-0.39, 0.29) is 41.6 Å². The van der Waals surface area contributed by atoms with Crippen molar-refractivity contribution in [2.45, 2.75) is 109 Å². The number of anilines is 1. The van der Waals surface area contributed by atoms with Crippen LogP contribution in [0, 0.1) is 5.41 Å². The van der Waals surface area contributed by atoms with E-state index >= 15 is 0 Å². The zero-order valence-corrected chi connectivity index (χ0v) is 36.2. The number of aliphatic hydroxyl groups excluding tert-OH is 2. The number of fused-ring (bicyclic) bond motifs is 1. The largest absolute Gasteiger partial charge is 0.481 e. The van der Waals surface area contributed by atoms with Crippen molar-refractivity contribution in [3.8, 4) is 0 Å². The highest BCUT2D eigenvalue weighted by molar-refractivity contribution is 8.13. The Kier molecular flexibility index (Phi) is 20.0. The number of hydrogen-bond donors (Lipinski definition) is 9. The number of phosphoric ester groups is 3. The minimum Gasteiger partial charge on any atom is -0.386 e. The van der Waals surface area contributed by atoms with Crippen molar-refractivity contribution in [3.05, 3.63) is 12.7 Å². The van der Waals surface area contributed by atoms with Crippen molar-refractivity contribution in [1.29, 1.82) is 0 Å². The number of nitrogens with zero attached hydrogens (tertiary/aromatic N) is 4. The first-order valence-corrected chi connectivity index (χ1v) is 24.1. The molecule has 0 bridgehead atoms. The van der Waals surface area contributed by atoms with Gasteiger partial charge in [0.2, 0.25) is 11.8 Å². The molecule has 2 aromatic heterocycles. The van der Waals surface area contributed by atoms with E-state index < -0.39 is 84.6 Å². The Morgan fingerprint density at radius 2 is 1.63 bits per heavy atom. The summed E-state index contributed by atoms with van der Waals surface area (Å²) in [4.78, 5) is 87.8. The fourth-order valence-electron chi connectivity index (χ4n) is 5.59. The van der Waals surface area contributed by atoms with E-state index in [1.165, 1.54) is 39.5 Å². The zero-order valence-electron chi connectivity index (χ0n) is 32.7. The van der Waals surface area contributed by atoms with Gasteiger partial charge in [-0.3, -0.25) is 32.5 Å². The van der Waals surface area contributed by atoms with Crippen molar-refractivity contribution < 1.29 is 80.5 Å². The molecule has 1 aliphatic rings. The Morgan fingerprint density at radius 3 is 2.31 bits per heavy atom. The van der Waals surface area contributed by atoms with Crippen molar-refractivity contribution in [1.82, 2.24) is 30.2 Å². The number of nitrogen functional groups attached to an aromatic ring is 1. The molecule has 2 amide bonds. The number of nitrogens with one attached hydrogen (secondary N) is 2. The topological polar surface area (TPSA) is 364 Å². The SMILES string of the molecule is CCCCCCCCCC(=O)SCCNC(=O)CCNC(=O)[C@H](O)C(C)(C)COP(=O)(O)OP(=O)(O)OC[C@H]1O[C@@H](n2cnc3c(N)ncnc32)[C@H](O)[C@@H]1OP(=O)(O)O. The zero-order chi connectivity index (χ0) is 44.0. The molecule has 10 N–H and O–H groups in total. The number of nitrogens with two attached hydrogens (primary N) is 1. The average Bonchev–Trinajstić information content (AvgIpc) is 3.71. The van der Waals surface area contributed by atoms with Gasteiger partial charge in [0.25, 0.3) is 0 Å². The number of imidazole rings is 1. The summed E-state index contributed by atoms with van der Waals surface area (Å²) < 4.78 is 62.2. The van der Waals surface area contributed by atoms with Gasteiger partial charge in [0.1, 0.15) is 36.3 Å². The predicted molar refractivity (Wildman–Crippen MR) is 210 cm³/mol. The number of unbranched alkanes of at least 4 members (excludes halogenated alkanes) is 6. The minimum absolute atomic E-state index is 0.0329. The van der Waals surface area contributed by atoms with E-state index in [1.807, 2.05) is 0 Å². The van der Waals surface area contributed by atoms with Crippen LogP contribution in [0.25, 0.3) is 11.2 Å². The van der Waals surface area contributed by atoms with Gasteiger partial charge in [-0.1, -0.05) is 71.1 Å². The lowest BCUT2D eigenvalue weighted by Crippen LogP contribution is -2.46. The number of phosphoric acid groups is 3. The first kappa shape index (κ1) is 50.9. The van der Waals surface area contributed by atoms with E-state index in [1.54, 1.807) is 0 Å². The summed E-state index contributed by atoms with van der Waals surface area (Å²) in [6.07, 6.45) is 1.35. The molecule has 24 nitrogen and oxygen atoms in total. The number of ether oxygens (including phenoxy) is 1. The van der Waals surface area contributed by atoms with Crippen molar-refractivity contribution in [2.24, 2.45) is 5.41 Å². The van der Waals surface area contributed by atoms with Gasteiger partial charge in [0, 0.05) is 37.1 Å². The van der Waals surface area contributed by atoms with E-state index in [0.29, 0.717) is 12.2 Å². The van der Waals surface area contributed by atoms with Crippen molar-refractivity contribution >= 4 is 69.1 Å². The molecule has 0 radical (unpaired) electrons. The van der Waals surface area contributed by atoms with E-state index in [9.17, 15) is 57.9 Å². The second-order valence-corrected chi connectivity index (χ2v) is 19.5. The van der Waals surface area contributed by atoms with Gasteiger partial charge in [-0.2, -0.15) is 4.31 Å². The number of aromatic nitrogens is 4. The van der Waals surface area contributed by atoms with Gasteiger partial charge in [0.05, 0.1) is 19.5 Å². The highest BCUT2D eigenvalue weighted by Gasteiger charge is 2.50. The third-order valence-corrected chi connectivity index (χ3v) is 12.8. The molecule has 3 rings (SSSR count). The first-order valence-electron chi connectivity index (χ1n) is 18.6. The second kappa shape index (κ2) is 23.1. The van der Waals surface area contributed by atoms with Crippen LogP contribution in [0.2, 0.25) is 0 Å². The summed E-state index contributed by atoms with van der Waals surface area (Å²) in [5.74, 6) is -1.03. The Bertz CT molecular complexity index is 1850. The molecular weight excluding hydrogens is 867 g/mol. The number of aliphatic hydroxyl groups is 2. The third-order valence-electron chi connectivity index (χ3n) is 8.75.